The van der Waals surface area contributed by atoms with E-state index in [1.807, 2.05) is 0 Å². The van der Waals surface area contributed by atoms with Gasteiger partial charge in [-0.25, -0.2) is 4.79 Å². The molecule has 1 aliphatic heterocycles. The van der Waals surface area contributed by atoms with Crippen molar-refractivity contribution in [1.29, 1.82) is 0 Å². The van der Waals surface area contributed by atoms with Gasteiger partial charge in [0, 0.05) is 6.20 Å². The number of rotatable bonds is 2. The second-order valence-corrected chi connectivity index (χ2v) is 4.64. The maximum Gasteiger partial charge on any atom is 0.352 e. The van der Waals surface area contributed by atoms with Crippen LogP contribution in [0.2, 0.25) is 0 Å². The van der Waals surface area contributed by atoms with Crippen molar-refractivity contribution >= 4 is 5.82 Å². The average Bonchev–Trinajstić information content (AvgIpc) is 2.51. The Balaban J connectivity index is 2.14. The SMILES string of the molecule is Nc1ccn([C@@]23C=C[C@@]2(O)[C@H](O)[C@@H](CO)O3)c(=O)n1. The Labute approximate surface area is 107 Å². The molecule has 1 aromatic heterocycles. The fraction of sp³-hybridized carbons (Fsp3) is 0.455. The molecule has 0 aromatic carbocycles. The number of fused-ring (bicyclic) bond motifs is 1. The molecule has 4 atom stereocenters. The number of hydrogen-bond donors (Lipinski definition) is 4. The van der Waals surface area contributed by atoms with Gasteiger partial charge in [-0.3, -0.25) is 4.57 Å². The van der Waals surface area contributed by atoms with Crippen molar-refractivity contribution in [2.75, 3.05) is 12.3 Å². The fourth-order valence-electron chi connectivity index (χ4n) is 2.56. The second kappa shape index (κ2) is 3.64. The lowest BCUT2D eigenvalue weighted by atomic mass is 9.76. The summed E-state index contributed by atoms with van der Waals surface area (Å²) < 4.78 is 6.51. The monoisotopic (exact) mass is 267 g/mol. The van der Waals surface area contributed by atoms with Gasteiger partial charge in [-0.2, -0.15) is 4.98 Å². The summed E-state index contributed by atoms with van der Waals surface area (Å²) in [6.07, 6.45) is 1.75. The van der Waals surface area contributed by atoms with Crippen molar-refractivity contribution in [2.24, 2.45) is 0 Å². The zero-order valence-electron chi connectivity index (χ0n) is 9.80. The van der Waals surface area contributed by atoms with Crippen LogP contribution in [0.4, 0.5) is 5.82 Å². The lowest BCUT2D eigenvalue weighted by molar-refractivity contribution is -0.163. The normalized spacial score (nSPS) is 39.9. The number of ether oxygens (including phenoxy) is 1. The number of aliphatic hydroxyl groups excluding tert-OH is 2. The van der Waals surface area contributed by atoms with Crippen molar-refractivity contribution in [2.45, 2.75) is 23.5 Å². The smallest absolute Gasteiger partial charge is 0.352 e. The summed E-state index contributed by atoms with van der Waals surface area (Å²) in [5.41, 5.74) is 1.35. The first kappa shape index (κ1) is 12.3. The Kier molecular flexibility index (Phi) is 2.36. The summed E-state index contributed by atoms with van der Waals surface area (Å²) in [5, 5.41) is 29.5. The first-order chi connectivity index (χ1) is 8.94. The molecule has 1 fully saturated rings. The van der Waals surface area contributed by atoms with Crippen molar-refractivity contribution in [3.05, 3.63) is 34.9 Å². The van der Waals surface area contributed by atoms with Gasteiger partial charge < -0.3 is 25.8 Å². The van der Waals surface area contributed by atoms with E-state index in [-0.39, 0.29) is 5.82 Å². The van der Waals surface area contributed by atoms with Gasteiger partial charge in [0.25, 0.3) is 0 Å². The molecule has 1 aromatic rings. The van der Waals surface area contributed by atoms with Gasteiger partial charge in [0.2, 0.25) is 5.72 Å². The van der Waals surface area contributed by atoms with Crippen LogP contribution in [0, 0.1) is 0 Å². The van der Waals surface area contributed by atoms with Gasteiger partial charge in [-0.1, -0.05) is 0 Å². The second-order valence-electron chi connectivity index (χ2n) is 4.64. The highest BCUT2D eigenvalue weighted by Crippen LogP contribution is 2.51. The largest absolute Gasteiger partial charge is 0.394 e. The van der Waals surface area contributed by atoms with E-state index in [1.54, 1.807) is 0 Å². The number of nitrogens with two attached hydrogens (primary N) is 1. The molecule has 1 saturated heterocycles. The summed E-state index contributed by atoms with van der Waals surface area (Å²) >= 11 is 0. The molecule has 0 amide bonds. The van der Waals surface area contributed by atoms with Crippen LogP contribution in [0.1, 0.15) is 0 Å². The van der Waals surface area contributed by atoms with Gasteiger partial charge in [0.1, 0.15) is 18.0 Å². The molecule has 0 radical (unpaired) electrons. The van der Waals surface area contributed by atoms with Crippen LogP contribution < -0.4 is 11.4 Å². The molecule has 8 heteroatoms. The number of aromatic nitrogens is 2. The number of hydrogen-bond acceptors (Lipinski definition) is 7. The highest BCUT2D eigenvalue weighted by atomic mass is 16.6. The maximum absolute atomic E-state index is 11.9. The van der Waals surface area contributed by atoms with Crippen LogP contribution >= 0.6 is 0 Å². The third-order valence-electron chi connectivity index (χ3n) is 3.63. The van der Waals surface area contributed by atoms with E-state index in [1.165, 1.54) is 24.4 Å². The maximum atomic E-state index is 11.9. The minimum absolute atomic E-state index is 0.0433. The van der Waals surface area contributed by atoms with Crippen LogP contribution in [-0.2, 0) is 10.5 Å². The molecule has 19 heavy (non-hydrogen) atoms. The van der Waals surface area contributed by atoms with Crippen LogP contribution in [-0.4, -0.2) is 49.3 Å². The van der Waals surface area contributed by atoms with E-state index < -0.39 is 35.8 Å². The number of anilines is 1. The Morgan fingerprint density at radius 3 is 2.79 bits per heavy atom. The van der Waals surface area contributed by atoms with E-state index >= 15 is 0 Å². The van der Waals surface area contributed by atoms with Crippen LogP contribution in [0.15, 0.2) is 29.2 Å². The van der Waals surface area contributed by atoms with Gasteiger partial charge in [-0.15, -0.1) is 0 Å². The van der Waals surface area contributed by atoms with Gasteiger partial charge >= 0.3 is 5.69 Å². The van der Waals surface area contributed by atoms with Crippen molar-refractivity contribution in [3.63, 3.8) is 0 Å². The van der Waals surface area contributed by atoms with Crippen LogP contribution in [0.3, 0.4) is 0 Å². The molecular formula is C11H13N3O5. The van der Waals surface area contributed by atoms with Gasteiger partial charge in [-0.05, 0) is 18.2 Å². The summed E-state index contributed by atoms with van der Waals surface area (Å²) in [5.74, 6) is 0.0433. The predicted octanol–water partition coefficient (Wildman–Crippen LogP) is -2.47. The van der Waals surface area contributed by atoms with Crippen molar-refractivity contribution in [3.8, 4) is 0 Å². The molecule has 0 bridgehead atoms. The van der Waals surface area contributed by atoms with Gasteiger partial charge in [0.15, 0.2) is 5.60 Å². The highest BCUT2D eigenvalue weighted by molar-refractivity contribution is 5.36. The first-order valence-corrected chi connectivity index (χ1v) is 5.70. The Bertz CT molecular complexity index is 615. The Morgan fingerprint density at radius 2 is 2.26 bits per heavy atom. The fourth-order valence-corrected chi connectivity index (χ4v) is 2.56. The lowest BCUT2D eigenvalue weighted by Gasteiger charge is -2.44. The quantitative estimate of drug-likeness (QED) is 0.437. The number of nitrogen functional groups attached to an aromatic ring is 1. The van der Waals surface area contributed by atoms with Crippen molar-refractivity contribution in [1.82, 2.24) is 9.55 Å². The molecule has 5 N–H and O–H groups in total. The molecule has 3 rings (SSSR count). The Morgan fingerprint density at radius 1 is 1.53 bits per heavy atom. The predicted molar refractivity (Wildman–Crippen MR) is 62.9 cm³/mol. The average molecular weight is 267 g/mol. The van der Waals surface area contributed by atoms with E-state index in [0.29, 0.717) is 0 Å². The minimum Gasteiger partial charge on any atom is -0.394 e. The molecule has 1 aliphatic carbocycles. The van der Waals surface area contributed by atoms with Crippen LogP contribution in [0.5, 0.6) is 0 Å². The Hall–Kier alpha value is -1.74. The highest BCUT2D eigenvalue weighted by Gasteiger charge is 2.69. The molecular weight excluding hydrogens is 254 g/mol. The topological polar surface area (TPSA) is 131 Å². The van der Waals surface area contributed by atoms with E-state index in [2.05, 4.69) is 4.98 Å². The van der Waals surface area contributed by atoms with E-state index in [4.69, 9.17) is 15.6 Å². The first-order valence-electron chi connectivity index (χ1n) is 5.70. The van der Waals surface area contributed by atoms with Gasteiger partial charge in [0.05, 0.1) is 6.61 Å². The van der Waals surface area contributed by atoms with E-state index in [0.717, 1.165) is 4.57 Å². The molecule has 2 heterocycles. The molecule has 0 saturated carbocycles. The summed E-state index contributed by atoms with van der Waals surface area (Å²) in [7, 11) is 0. The number of aliphatic hydroxyl groups is 3. The molecule has 0 unspecified atom stereocenters. The zero-order valence-corrected chi connectivity index (χ0v) is 9.80. The molecule has 0 spiro atoms. The molecule has 102 valence electrons. The van der Waals surface area contributed by atoms with Crippen LogP contribution in [0.25, 0.3) is 0 Å². The minimum atomic E-state index is -1.78. The lowest BCUT2D eigenvalue weighted by Crippen LogP contribution is -2.63. The standard InChI is InChI=1S/C11H13N3O5/c12-7-1-4-14(9(17)13-7)11-3-2-10(11,18)8(16)6(5-15)19-11/h1-4,6,8,15-16,18H,5H2,(H2,12,13,17)/t6-,8-,10-,11-/m1/s1. The summed E-state index contributed by atoms with van der Waals surface area (Å²) in [6.45, 7) is -0.482. The molecule has 2 aliphatic rings. The third-order valence-corrected chi connectivity index (χ3v) is 3.63. The molecule has 8 nitrogen and oxygen atoms in total. The zero-order chi connectivity index (χ0) is 13.8. The summed E-state index contributed by atoms with van der Waals surface area (Å²) in [4.78, 5) is 15.4. The third kappa shape index (κ3) is 1.31. The van der Waals surface area contributed by atoms with E-state index in [9.17, 15) is 15.0 Å². The summed E-state index contributed by atoms with van der Waals surface area (Å²) in [6, 6.07) is 1.38. The number of nitrogens with zero attached hydrogens (tertiary/aromatic N) is 2. The van der Waals surface area contributed by atoms with Crippen molar-refractivity contribution < 1.29 is 20.1 Å².